The normalized spacial score (nSPS) is 15.0. The molecular weight excluding hydrogens is 460 g/mol. The highest BCUT2D eigenvalue weighted by Crippen LogP contribution is 2.28. The van der Waals surface area contributed by atoms with Gasteiger partial charge in [0.25, 0.3) is 0 Å². The summed E-state index contributed by atoms with van der Waals surface area (Å²) in [5, 5.41) is 14.2. The number of Topliss-reactive ketones (excluding diaryl/α,β-unsaturated/α-hetero) is 1. The Morgan fingerprint density at radius 1 is 0.838 bits per heavy atom. The quantitative estimate of drug-likeness (QED) is 0.313. The molecule has 0 aromatic heterocycles. The van der Waals surface area contributed by atoms with Crippen LogP contribution in [0.15, 0.2) is 76.6 Å². The van der Waals surface area contributed by atoms with Gasteiger partial charge in [-0.3, -0.25) is 4.79 Å². The molecule has 2 aromatic carbocycles. The van der Waals surface area contributed by atoms with Gasteiger partial charge in [0.15, 0.2) is 0 Å². The third kappa shape index (κ3) is 6.62. The summed E-state index contributed by atoms with van der Waals surface area (Å²) in [6.07, 6.45) is 2.89. The number of anilines is 3. The lowest BCUT2D eigenvalue weighted by atomic mass is 9.94. The minimum atomic E-state index is -0.189. The van der Waals surface area contributed by atoms with Crippen molar-refractivity contribution in [2.24, 2.45) is 4.99 Å². The predicted molar refractivity (Wildman–Crippen MR) is 158 cm³/mol. The lowest BCUT2D eigenvalue weighted by Gasteiger charge is -2.27. The van der Waals surface area contributed by atoms with E-state index in [1.54, 1.807) is 6.08 Å². The number of hydrogen-bond acceptors (Lipinski definition) is 6. The number of carbonyl (C=O) groups is 1. The van der Waals surface area contributed by atoms with Crippen LogP contribution in [-0.4, -0.2) is 41.8 Å². The number of rotatable bonds is 11. The number of carbonyl (C=O) groups excluding carboxylic acids is 1. The topological polar surface area (TPSA) is 68.2 Å². The zero-order valence-electron chi connectivity index (χ0n) is 23.4. The first-order valence-electron chi connectivity index (χ1n) is 13.5. The standard InChI is InChI=1S/C31H42N4O2/c1-8-11-27-30(36)28(32-23-12-16-25(17-13-23)34(9-2)21(4)5)20-29(31(27)37)33-24-14-18-26(19-15-24)35(10-3)22(6)7/h12-22,32,37H,8-11H2,1-7H3/b33-29-. The fourth-order valence-corrected chi connectivity index (χ4v) is 4.80. The number of aliphatic imine (C=N–C) groups is 1. The molecule has 0 radical (unpaired) electrons. The third-order valence-corrected chi connectivity index (χ3v) is 6.67. The van der Waals surface area contributed by atoms with Crippen molar-refractivity contribution in [1.29, 1.82) is 0 Å². The zero-order chi connectivity index (χ0) is 27.1. The zero-order valence-corrected chi connectivity index (χ0v) is 23.4. The molecule has 0 unspecified atom stereocenters. The molecule has 0 saturated carbocycles. The molecule has 0 aliphatic heterocycles. The Kier molecular flexibility index (Phi) is 9.56. The molecule has 0 saturated heterocycles. The summed E-state index contributed by atoms with van der Waals surface area (Å²) in [5.41, 5.74) is 5.02. The summed E-state index contributed by atoms with van der Waals surface area (Å²) >= 11 is 0. The molecule has 0 bridgehead atoms. The molecule has 0 fully saturated rings. The first kappa shape index (κ1) is 28.0. The van der Waals surface area contributed by atoms with Gasteiger partial charge < -0.3 is 20.2 Å². The van der Waals surface area contributed by atoms with Gasteiger partial charge >= 0.3 is 0 Å². The van der Waals surface area contributed by atoms with Crippen molar-refractivity contribution < 1.29 is 9.90 Å². The van der Waals surface area contributed by atoms with Gasteiger partial charge in [0.05, 0.1) is 11.4 Å². The van der Waals surface area contributed by atoms with Gasteiger partial charge in [0, 0.05) is 47.8 Å². The van der Waals surface area contributed by atoms with Crippen LogP contribution in [0.1, 0.15) is 61.3 Å². The van der Waals surface area contributed by atoms with Crippen LogP contribution in [0.3, 0.4) is 0 Å². The van der Waals surface area contributed by atoms with Crippen LogP contribution in [-0.2, 0) is 4.79 Å². The number of benzene rings is 2. The van der Waals surface area contributed by atoms with E-state index < -0.39 is 0 Å². The number of nitrogens with one attached hydrogen (secondary N) is 1. The minimum Gasteiger partial charge on any atom is -0.505 e. The molecule has 1 aliphatic rings. The fourth-order valence-electron chi connectivity index (χ4n) is 4.80. The molecule has 0 amide bonds. The second-order valence-electron chi connectivity index (χ2n) is 9.91. The van der Waals surface area contributed by atoms with Gasteiger partial charge in [-0.2, -0.15) is 0 Å². The Morgan fingerprint density at radius 3 is 1.81 bits per heavy atom. The van der Waals surface area contributed by atoms with E-state index >= 15 is 0 Å². The molecule has 0 heterocycles. The first-order valence-corrected chi connectivity index (χ1v) is 13.5. The maximum Gasteiger partial charge on any atom is 0.209 e. The Balaban J connectivity index is 1.92. The van der Waals surface area contributed by atoms with E-state index in [9.17, 15) is 9.90 Å². The van der Waals surface area contributed by atoms with Crippen LogP contribution in [0.25, 0.3) is 0 Å². The van der Waals surface area contributed by atoms with Crippen LogP contribution in [0.5, 0.6) is 0 Å². The van der Waals surface area contributed by atoms with Gasteiger partial charge in [-0.15, -0.1) is 0 Å². The van der Waals surface area contributed by atoms with E-state index in [1.165, 1.54) is 0 Å². The Morgan fingerprint density at radius 2 is 1.35 bits per heavy atom. The van der Waals surface area contributed by atoms with Crippen LogP contribution in [0, 0.1) is 0 Å². The van der Waals surface area contributed by atoms with Gasteiger partial charge in [-0.25, -0.2) is 4.99 Å². The van der Waals surface area contributed by atoms with E-state index in [0.29, 0.717) is 35.5 Å². The van der Waals surface area contributed by atoms with Crippen molar-refractivity contribution >= 4 is 34.2 Å². The summed E-state index contributed by atoms with van der Waals surface area (Å²) in [6.45, 7) is 16.8. The lowest BCUT2D eigenvalue weighted by Crippen LogP contribution is -2.30. The molecule has 6 nitrogen and oxygen atoms in total. The summed E-state index contributed by atoms with van der Waals surface area (Å²) in [5.74, 6) is -0.227. The Hall–Kier alpha value is -3.54. The number of nitrogens with zero attached hydrogens (tertiary/aromatic N) is 3. The van der Waals surface area contributed by atoms with Crippen molar-refractivity contribution in [1.82, 2.24) is 0 Å². The van der Waals surface area contributed by atoms with Crippen molar-refractivity contribution in [2.75, 3.05) is 28.2 Å². The number of hydrogen-bond donors (Lipinski definition) is 2. The lowest BCUT2D eigenvalue weighted by molar-refractivity contribution is -0.112. The molecule has 6 heteroatoms. The highest BCUT2D eigenvalue weighted by molar-refractivity contribution is 6.24. The molecule has 0 spiro atoms. The second kappa shape index (κ2) is 12.6. The van der Waals surface area contributed by atoms with Gasteiger partial charge in [-0.1, -0.05) is 13.3 Å². The summed E-state index contributed by atoms with van der Waals surface area (Å²) < 4.78 is 0. The van der Waals surface area contributed by atoms with Crippen LogP contribution < -0.4 is 15.1 Å². The van der Waals surface area contributed by atoms with Gasteiger partial charge in [0.1, 0.15) is 11.5 Å². The molecule has 1 aliphatic carbocycles. The molecule has 0 atom stereocenters. The number of aliphatic hydroxyl groups excluding tert-OH is 1. The van der Waals surface area contributed by atoms with Crippen LogP contribution in [0.2, 0.25) is 0 Å². The smallest absolute Gasteiger partial charge is 0.209 e. The predicted octanol–water partition coefficient (Wildman–Crippen LogP) is 7.42. The highest BCUT2D eigenvalue weighted by atomic mass is 16.3. The summed E-state index contributed by atoms with van der Waals surface area (Å²) in [7, 11) is 0. The molecule has 3 rings (SSSR count). The molecule has 2 aromatic rings. The number of ketones is 1. The van der Waals surface area contributed by atoms with Crippen LogP contribution >= 0.6 is 0 Å². The largest absolute Gasteiger partial charge is 0.505 e. The third-order valence-electron chi connectivity index (χ3n) is 6.67. The van der Waals surface area contributed by atoms with Crippen LogP contribution in [0.4, 0.5) is 22.7 Å². The molecule has 198 valence electrons. The van der Waals surface area contributed by atoms with E-state index in [4.69, 9.17) is 4.99 Å². The SMILES string of the molecule is CCCC1=C(O)/C(=N\c2ccc(N(CC)C(C)C)cc2)C=C(Nc2ccc(N(CC)C(C)C)cc2)C1=O. The Bertz CT molecular complexity index is 1160. The molecule has 37 heavy (non-hydrogen) atoms. The van der Waals surface area contributed by atoms with Gasteiger partial charge in [0.2, 0.25) is 5.78 Å². The average molecular weight is 503 g/mol. The van der Waals surface area contributed by atoms with E-state index in [2.05, 4.69) is 68.8 Å². The second-order valence-corrected chi connectivity index (χ2v) is 9.91. The average Bonchev–Trinajstić information content (AvgIpc) is 2.87. The maximum absolute atomic E-state index is 13.2. The summed E-state index contributed by atoms with van der Waals surface area (Å²) in [4.78, 5) is 22.6. The minimum absolute atomic E-state index is 0.0373. The van der Waals surface area contributed by atoms with Crippen molar-refractivity contribution in [3.05, 3.63) is 71.6 Å². The van der Waals surface area contributed by atoms with E-state index in [-0.39, 0.29) is 11.5 Å². The van der Waals surface area contributed by atoms with Crippen molar-refractivity contribution in [3.8, 4) is 0 Å². The molecule has 2 N–H and O–H groups in total. The Labute approximate surface area is 222 Å². The fraction of sp³-hybridized carbons (Fsp3) is 0.419. The number of allylic oxidation sites excluding steroid dienone is 2. The van der Waals surface area contributed by atoms with Crippen molar-refractivity contribution in [3.63, 3.8) is 0 Å². The van der Waals surface area contributed by atoms with E-state index in [1.807, 2.05) is 43.3 Å². The molecular formula is C31H42N4O2. The summed E-state index contributed by atoms with van der Waals surface area (Å²) in [6, 6.07) is 16.9. The van der Waals surface area contributed by atoms with E-state index in [0.717, 1.165) is 42.3 Å². The monoisotopic (exact) mass is 502 g/mol. The number of aliphatic hydroxyl groups is 1. The highest BCUT2D eigenvalue weighted by Gasteiger charge is 2.27. The first-order chi connectivity index (χ1) is 17.7. The van der Waals surface area contributed by atoms with Gasteiger partial charge in [-0.05, 0) is 103 Å². The van der Waals surface area contributed by atoms with Crippen molar-refractivity contribution in [2.45, 2.75) is 73.4 Å². The maximum atomic E-state index is 13.2.